The lowest BCUT2D eigenvalue weighted by Gasteiger charge is -2.10. The highest BCUT2D eigenvalue weighted by atomic mass is 79.9. The number of pyridine rings is 1. The number of hydrogen-bond donors (Lipinski definition) is 3. The zero-order valence-corrected chi connectivity index (χ0v) is 16.8. The molecule has 2 aromatic heterocycles. The summed E-state index contributed by atoms with van der Waals surface area (Å²) in [6.07, 6.45) is 3.09. The minimum Gasteiger partial charge on any atom is -0.338 e. The van der Waals surface area contributed by atoms with Crippen LogP contribution in [0.3, 0.4) is 0 Å². The van der Waals surface area contributed by atoms with Crippen LogP contribution in [-0.2, 0) is 0 Å². The Balaban J connectivity index is 1.42. The maximum atomic E-state index is 12.2. The van der Waals surface area contributed by atoms with Crippen molar-refractivity contribution in [3.63, 3.8) is 0 Å². The summed E-state index contributed by atoms with van der Waals surface area (Å²) >= 11 is 8.51. The normalized spacial score (nSPS) is 10.6. The van der Waals surface area contributed by atoms with E-state index >= 15 is 0 Å². The largest absolute Gasteiger partial charge is 0.338 e. The standard InChI is InChI=1S/C20H14BrN5OS/c21-14-9-13(10-22-11-14)19(27)26-20(28)23-15-7-5-12(6-8-15)18-24-16-3-1-2-4-17(16)25-18/h1-11H,(H,24,25)(H2,23,26,27,28). The molecular weight excluding hydrogens is 438 g/mol. The molecule has 4 aromatic rings. The smallest absolute Gasteiger partial charge is 0.259 e. The van der Waals surface area contributed by atoms with Crippen molar-refractivity contribution in [2.45, 2.75) is 0 Å². The number of H-pyrrole nitrogens is 1. The van der Waals surface area contributed by atoms with Gasteiger partial charge in [-0.3, -0.25) is 15.1 Å². The van der Waals surface area contributed by atoms with Crippen molar-refractivity contribution in [2.75, 3.05) is 5.32 Å². The van der Waals surface area contributed by atoms with Gasteiger partial charge in [0.2, 0.25) is 0 Å². The van der Waals surface area contributed by atoms with Gasteiger partial charge in [0.25, 0.3) is 5.91 Å². The number of benzene rings is 2. The average molecular weight is 452 g/mol. The molecule has 0 aliphatic carbocycles. The molecule has 3 N–H and O–H groups in total. The van der Waals surface area contributed by atoms with Gasteiger partial charge in [-0.2, -0.15) is 0 Å². The van der Waals surface area contributed by atoms with Gasteiger partial charge in [0.15, 0.2) is 5.11 Å². The lowest BCUT2D eigenvalue weighted by atomic mass is 10.2. The van der Waals surface area contributed by atoms with Gasteiger partial charge in [-0.1, -0.05) is 12.1 Å². The summed E-state index contributed by atoms with van der Waals surface area (Å²) in [5.74, 6) is 0.468. The van der Waals surface area contributed by atoms with Crippen molar-refractivity contribution in [1.82, 2.24) is 20.3 Å². The lowest BCUT2D eigenvalue weighted by molar-refractivity contribution is 0.0977. The number of nitrogens with zero attached hydrogens (tertiary/aromatic N) is 2. The number of imidazole rings is 1. The summed E-state index contributed by atoms with van der Waals surface area (Å²) in [4.78, 5) is 24.1. The van der Waals surface area contributed by atoms with Gasteiger partial charge < -0.3 is 10.3 Å². The third-order valence-electron chi connectivity index (χ3n) is 4.00. The molecule has 0 spiro atoms. The van der Waals surface area contributed by atoms with Crippen LogP contribution in [0.4, 0.5) is 5.69 Å². The Morgan fingerprint density at radius 2 is 1.86 bits per heavy atom. The number of rotatable bonds is 3. The molecule has 0 radical (unpaired) electrons. The number of aromatic amines is 1. The quantitative estimate of drug-likeness (QED) is 0.399. The Morgan fingerprint density at radius 3 is 2.61 bits per heavy atom. The third-order valence-corrected chi connectivity index (χ3v) is 4.64. The first-order valence-electron chi connectivity index (χ1n) is 8.36. The van der Waals surface area contributed by atoms with Crippen molar-refractivity contribution in [2.24, 2.45) is 0 Å². The van der Waals surface area contributed by atoms with Crippen molar-refractivity contribution in [3.05, 3.63) is 77.0 Å². The number of nitrogens with one attached hydrogen (secondary N) is 3. The molecule has 8 heteroatoms. The molecule has 138 valence electrons. The van der Waals surface area contributed by atoms with Crippen molar-refractivity contribution in [3.8, 4) is 11.4 Å². The third kappa shape index (κ3) is 4.08. The highest BCUT2D eigenvalue weighted by Gasteiger charge is 2.09. The van der Waals surface area contributed by atoms with Crippen LogP contribution < -0.4 is 10.6 Å². The minimum atomic E-state index is -0.329. The number of carbonyl (C=O) groups excluding carboxylic acids is 1. The maximum Gasteiger partial charge on any atom is 0.259 e. The Bertz CT molecular complexity index is 1140. The first-order valence-corrected chi connectivity index (χ1v) is 9.57. The Labute approximate surface area is 174 Å². The van der Waals surface area contributed by atoms with E-state index in [1.807, 2.05) is 48.5 Å². The summed E-state index contributed by atoms with van der Waals surface area (Å²) in [6.45, 7) is 0. The molecule has 2 heterocycles. The van der Waals surface area contributed by atoms with Crippen LogP contribution in [0.25, 0.3) is 22.4 Å². The molecule has 0 aliphatic heterocycles. The van der Waals surface area contributed by atoms with E-state index in [9.17, 15) is 4.79 Å². The van der Waals surface area contributed by atoms with Crippen LogP contribution >= 0.6 is 28.1 Å². The summed E-state index contributed by atoms with van der Waals surface area (Å²) in [6, 6.07) is 17.2. The van der Waals surface area contributed by atoms with E-state index < -0.39 is 0 Å². The minimum absolute atomic E-state index is 0.210. The summed E-state index contributed by atoms with van der Waals surface area (Å²) in [5, 5.41) is 5.85. The number of carbonyl (C=O) groups is 1. The van der Waals surface area contributed by atoms with E-state index in [-0.39, 0.29) is 11.0 Å². The van der Waals surface area contributed by atoms with E-state index in [1.165, 1.54) is 6.20 Å². The molecule has 4 rings (SSSR count). The van der Waals surface area contributed by atoms with Crippen LogP contribution in [0.5, 0.6) is 0 Å². The van der Waals surface area contributed by atoms with Crippen LogP contribution in [0.2, 0.25) is 0 Å². The zero-order chi connectivity index (χ0) is 19.5. The van der Waals surface area contributed by atoms with E-state index in [2.05, 4.69) is 41.5 Å². The van der Waals surface area contributed by atoms with Gasteiger partial charge in [0.1, 0.15) is 5.82 Å². The van der Waals surface area contributed by atoms with Crippen molar-refractivity contribution >= 4 is 55.9 Å². The average Bonchev–Trinajstić information content (AvgIpc) is 3.12. The predicted octanol–water partition coefficient (Wildman–Crippen LogP) is 4.51. The number of amides is 1. The van der Waals surface area contributed by atoms with Crippen molar-refractivity contribution in [1.29, 1.82) is 0 Å². The first kappa shape index (κ1) is 18.3. The molecule has 0 fully saturated rings. The Kier molecular flexibility index (Phi) is 5.14. The fourth-order valence-electron chi connectivity index (χ4n) is 2.67. The first-order chi connectivity index (χ1) is 13.6. The van der Waals surface area contributed by atoms with E-state index in [4.69, 9.17) is 12.2 Å². The molecule has 0 atom stereocenters. The SMILES string of the molecule is O=C(NC(=S)Nc1ccc(-c2nc3ccccc3[nH]2)cc1)c1cncc(Br)c1. The number of anilines is 1. The highest BCUT2D eigenvalue weighted by molar-refractivity contribution is 9.10. The molecular formula is C20H14BrN5OS. The summed E-state index contributed by atoms with van der Waals surface area (Å²) < 4.78 is 0.722. The summed E-state index contributed by atoms with van der Waals surface area (Å²) in [7, 11) is 0. The van der Waals surface area contributed by atoms with Crippen LogP contribution in [-0.4, -0.2) is 26.0 Å². The highest BCUT2D eigenvalue weighted by Crippen LogP contribution is 2.22. The maximum absolute atomic E-state index is 12.2. The molecule has 2 aromatic carbocycles. The second-order valence-electron chi connectivity index (χ2n) is 5.98. The van der Waals surface area contributed by atoms with Gasteiger partial charge in [0, 0.05) is 28.1 Å². The lowest BCUT2D eigenvalue weighted by Crippen LogP contribution is -2.34. The molecule has 0 unspecified atom stereocenters. The second-order valence-corrected chi connectivity index (χ2v) is 7.30. The number of thiocarbonyl (C=S) groups is 1. The summed E-state index contributed by atoms with van der Waals surface area (Å²) in [5.41, 5.74) is 4.05. The van der Waals surface area contributed by atoms with Gasteiger partial charge in [0.05, 0.1) is 16.6 Å². The van der Waals surface area contributed by atoms with Gasteiger partial charge in [-0.15, -0.1) is 0 Å². The van der Waals surface area contributed by atoms with E-state index in [0.717, 1.165) is 32.6 Å². The van der Waals surface area contributed by atoms with Crippen LogP contribution in [0, 0.1) is 0 Å². The van der Waals surface area contributed by atoms with Crippen LogP contribution in [0.1, 0.15) is 10.4 Å². The number of para-hydroxylation sites is 2. The Hall–Kier alpha value is -3.10. The number of hydrogen-bond acceptors (Lipinski definition) is 4. The monoisotopic (exact) mass is 451 g/mol. The molecule has 0 saturated heterocycles. The zero-order valence-electron chi connectivity index (χ0n) is 14.4. The topological polar surface area (TPSA) is 82.7 Å². The molecule has 1 amide bonds. The van der Waals surface area contributed by atoms with E-state index in [0.29, 0.717) is 5.56 Å². The van der Waals surface area contributed by atoms with Crippen molar-refractivity contribution < 1.29 is 4.79 Å². The molecule has 0 saturated carbocycles. The second kappa shape index (κ2) is 7.87. The fourth-order valence-corrected chi connectivity index (χ4v) is 3.25. The van der Waals surface area contributed by atoms with Gasteiger partial charge >= 0.3 is 0 Å². The molecule has 0 bridgehead atoms. The fraction of sp³-hybridized carbons (Fsp3) is 0. The number of halogens is 1. The van der Waals surface area contributed by atoms with Crippen LogP contribution in [0.15, 0.2) is 71.5 Å². The molecule has 6 nitrogen and oxygen atoms in total. The predicted molar refractivity (Wildman–Crippen MR) is 117 cm³/mol. The Morgan fingerprint density at radius 1 is 1.07 bits per heavy atom. The van der Waals surface area contributed by atoms with Gasteiger partial charge in [-0.25, -0.2) is 4.98 Å². The van der Waals surface area contributed by atoms with Gasteiger partial charge in [-0.05, 0) is 70.6 Å². The molecule has 28 heavy (non-hydrogen) atoms. The number of fused-ring (bicyclic) bond motifs is 1. The van der Waals surface area contributed by atoms with E-state index in [1.54, 1.807) is 12.3 Å². The number of aromatic nitrogens is 3. The molecule has 0 aliphatic rings.